The first kappa shape index (κ1) is 8.06. The number of nitrogens with one attached hydrogen (secondary N) is 1. The molecule has 1 fully saturated rings. The Morgan fingerprint density at radius 1 is 1.50 bits per heavy atom. The molecule has 0 saturated heterocycles. The van der Waals surface area contributed by atoms with Crippen LogP contribution in [0.4, 0.5) is 0 Å². The molecule has 0 radical (unpaired) electrons. The molecular weight excluding hydrogens is 122 g/mol. The summed E-state index contributed by atoms with van der Waals surface area (Å²) in [6.45, 7) is 8.08. The molecule has 0 heterocycles. The lowest BCUT2D eigenvalue weighted by molar-refractivity contribution is 0.382. The zero-order valence-corrected chi connectivity index (χ0v) is 7.41. The van der Waals surface area contributed by atoms with Crippen LogP contribution in [0.3, 0.4) is 0 Å². The highest BCUT2D eigenvalue weighted by Gasteiger charge is 2.41. The van der Waals surface area contributed by atoms with Crippen LogP contribution in [-0.2, 0) is 0 Å². The largest absolute Gasteiger partial charge is 0.314 e. The van der Waals surface area contributed by atoms with Gasteiger partial charge < -0.3 is 5.32 Å². The number of rotatable bonds is 4. The van der Waals surface area contributed by atoms with Crippen LogP contribution in [0.2, 0.25) is 0 Å². The molecule has 0 aliphatic heterocycles. The molecule has 0 unspecified atom stereocenters. The molecule has 0 aromatic heterocycles. The van der Waals surface area contributed by atoms with E-state index >= 15 is 0 Å². The maximum absolute atomic E-state index is 3.53. The molecule has 1 nitrogen and oxygen atoms in total. The fourth-order valence-electron chi connectivity index (χ4n) is 1.24. The van der Waals surface area contributed by atoms with Crippen molar-refractivity contribution in [3.63, 3.8) is 0 Å². The molecule has 1 rings (SSSR count). The average molecular weight is 141 g/mol. The molecule has 1 N–H and O–H groups in total. The monoisotopic (exact) mass is 141 g/mol. The van der Waals surface area contributed by atoms with E-state index in [1.165, 1.54) is 25.8 Å². The predicted octanol–water partition coefficient (Wildman–Crippen LogP) is 2.17. The fraction of sp³-hybridized carbons (Fsp3) is 1.00. The lowest BCUT2D eigenvalue weighted by Crippen LogP contribution is -2.33. The van der Waals surface area contributed by atoms with Crippen molar-refractivity contribution in [1.29, 1.82) is 0 Å². The van der Waals surface area contributed by atoms with Crippen molar-refractivity contribution in [3.05, 3.63) is 0 Å². The minimum atomic E-state index is 0.648. The maximum Gasteiger partial charge on any atom is 0.00925 e. The third kappa shape index (κ3) is 1.72. The molecule has 1 atom stereocenters. The fourth-order valence-corrected chi connectivity index (χ4v) is 1.24. The summed E-state index contributed by atoms with van der Waals surface area (Å²) in [4.78, 5) is 0. The Balaban J connectivity index is 2.15. The highest BCUT2D eigenvalue weighted by Crippen LogP contribution is 2.47. The second kappa shape index (κ2) is 2.91. The van der Waals surface area contributed by atoms with E-state index in [0.717, 1.165) is 6.04 Å². The van der Waals surface area contributed by atoms with Gasteiger partial charge in [0.1, 0.15) is 0 Å². The van der Waals surface area contributed by atoms with Crippen LogP contribution < -0.4 is 5.32 Å². The van der Waals surface area contributed by atoms with Gasteiger partial charge in [-0.3, -0.25) is 0 Å². The van der Waals surface area contributed by atoms with Crippen LogP contribution in [0.25, 0.3) is 0 Å². The van der Waals surface area contributed by atoms with Crippen molar-refractivity contribution >= 4 is 0 Å². The molecule has 0 bridgehead atoms. The first-order valence-electron chi connectivity index (χ1n) is 4.42. The highest BCUT2D eigenvalue weighted by molar-refractivity contribution is 4.96. The second-order valence-corrected chi connectivity index (χ2v) is 3.83. The van der Waals surface area contributed by atoms with E-state index < -0.39 is 0 Å². The molecule has 1 aliphatic rings. The Morgan fingerprint density at radius 2 is 2.10 bits per heavy atom. The Morgan fingerprint density at radius 3 is 2.50 bits per heavy atom. The van der Waals surface area contributed by atoms with Gasteiger partial charge in [-0.2, -0.15) is 0 Å². The quantitative estimate of drug-likeness (QED) is 0.632. The van der Waals surface area contributed by atoms with Crippen molar-refractivity contribution < 1.29 is 0 Å². The zero-order chi connectivity index (χ0) is 7.61. The van der Waals surface area contributed by atoms with Crippen molar-refractivity contribution in [2.24, 2.45) is 5.41 Å². The second-order valence-electron chi connectivity index (χ2n) is 3.83. The first-order chi connectivity index (χ1) is 4.69. The SMILES string of the molecule is CCCN[C@@H](C)C1(C)CC1. The van der Waals surface area contributed by atoms with E-state index in [1.54, 1.807) is 0 Å². The molecule has 0 aromatic rings. The van der Waals surface area contributed by atoms with Gasteiger partial charge in [-0.25, -0.2) is 0 Å². The summed E-state index contributed by atoms with van der Waals surface area (Å²) >= 11 is 0. The number of hydrogen-bond donors (Lipinski definition) is 1. The lowest BCUT2D eigenvalue weighted by Gasteiger charge is -2.19. The smallest absolute Gasteiger partial charge is 0.00925 e. The summed E-state index contributed by atoms with van der Waals surface area (Å²) in [5.41, 5.74) is 0.648. The minimum Gasteiger partial charge on any atom is -0.314 e. The van der Waals surface area contributed by atoms with Crippen LogP contribution in [-0.4, -0.2) is 12.6 Å². The predicted molar refractivity (Wildman–Crippen MR) is 45.1 cm³/mol. The van der Waals surface area contributed by atoms with Gasteiger partial charge in [-0.05, 0) is 38.1 Å². The standard InChI is InChI=1S/C9H19N/c1-4-7-10-8(2)9(3)5-6-9/h8,10H,4-7H2,1-3H3/t8-/m0/s1. The summed E-state index contributed by atoms with van der Waals surface area (Å²) in [5.74, 6) is 0. The van der Waals surface area contributed by atoms with E-state index in [2.05, 4.69) is 26.1 Å². The van der Waals surface area contributed by atoms with Gasteiger partial charge in [0, 0.05) is 6.04 Å². The van der Waals surface area contributed by atoms with Gasteiger partial charge in [-0.1, -0.05) is 13.8 Å². The normalized spacial score (nSPS) is 24.3. The van der Waals surface area contributed by atoms with Gasteiger partial charge >= 0.3 is 0 Å². The maximum atomic E-state index is 3.53. The van der Waals surface area contributed by atoms with Crippen molar-refractivity contribution in [1.82, 2.24) is 5.32 Å². The minimum absolute atomic E-state index is 0.648. The van der Waals surface area contributed by atoms with Crippen molar-refractivity contribution in [3.8, 4) is 0 Å². The first-order valence-corrected chi connectivity index (χ1v) is 4.42. The van der Waals surface area contributed by atoms with Gasteiger partial charge in [0.15, 0.2) is 0 Å². The zero-order valence-electron chi connectivity index (χ0n) is 7.41. The third-order valence-electron chi connectivity index (χ3n) is 2.78. The van der Waals surface area contributed by atoms with Crippen molar-refractivity contribution in [2.75, 3.05) is 6.54 Å². The molecular formula is C9H19N. The van der Waals surface area contributed by atoms with Gasteiger partial charge in [0.2, 0.25) is 0 Å². The highest BCUT2D eigenvalue weighted by atomic mass is 14.9. The average Bonchev–Trinajstić information content (AvgIpc) is 2.64. The summed E-state index contributed by atoms with van der Waals surface area (Å²) in [6.07, 6.45) is 4.09. The summed E-state index contributed by atoms with van der Waals surface area (Å²) in [6, 6.07) is 0.729. The Kier molecular flexibility index (Phi) is 2.35. The molecule has 0 amide bonds. The van der Waals surface area contributed by atoms with E-state index in [4.69, 9.17) is 0 Å². The van der Waals surface area contributed by atoms with Gasteiger partial charge in [-0.15, -0.1) is 0 Å². The molecule has 1 heteroatoms. The third-order valence-corrected chi connectivity index (χ3v) is 2.78. The summed E-state index contributed by atoms with van der Waals surface area (Å²) in [5, 5.41) is 3.53. The molecule has 0 aromatic carbocycles. The van der Waals surface area contributed by atoms with E-state index in [-0.39, 0.29) is 0 Å². The molecule has 1 saturated carbocycles. The molecule has 10 heavy (non-hydrogen) atoms. The van der Waals surface area contributed by atoms with Gasteiger partial charge in [0.25, 0.3) is 0 Å². The molecule has 1 aliphatic carbocycles. The molecule has 0 spiro atoms. The number of hydrogen-bond acceptors (Lipinski definition) is 1. The summed E-state index contributed by atoms with van der Waals surface area (Å²) < 4.78 is 0. The topological polar surface area (TPSA) is 12.0 Å². The van der Waals surface area contributed by atoms with Crippen LogP contribution in [0.1, 0.15) is 40.0 Å². The van der Waals surface area contributed by atoms with Crippen LogP contribution in [0.5, 0.6) is 0 Å². The lowest BCUT2D eigenvalue weighted by atomic mass is 10.0. The van der Waals surface area contributed by atoms with E-state index in [9.17, 15) is 0 Å². The Bertz CT molecular complexity index is 105. The van der Waals surface area contributed by atoms with Gasteiger partial charge in [0.05, 0.1) is 0 Å². The van der Waals surface area contributed by atoms with E-state index in [1.807, 2.05) is 0 Å². The summed E-state index contributed by atoms with van der Waals surface area (Å²) in [7, 11) is 0. The van der Waals surface area contributed by atoms with Crippen LogP contribution in [0, 0.1) is 5.41 Å². The Labute approximate surface area is 64.2 Å². The molecule has 60 valence electrons. The Hall–Kier alpha value is -0.0400. The van der Waals surface area contributed by atoms with E-state index in [0.29, 0.717) is 5.41 Å². The van der Waals surface area contributed by atoms with Crippen LogP contribution >= 0.6 is 0 Å². The van der Waals surface area contributed by atoms with Crippen LogP contribution in [0.15, 0.2) is 0 Å². The van der Waals surface area contributed by atoms with Crippen molar-refractivity contribution in [2.45, 2.75) is 46.1 Å².